The summed E-state index contributed by atoms with van der Waals surface area (Å²) in [5.41, 5.74) is 8.06. The summed E-state index contributed by atoms with van der Waals surface area (Å²) in [6, 6.07) is 10.6. The van der Waals surface area contributed by atoms with Gasteiger partial charge in [0.2, 0.25) is 0 Å². The molecule has 0 bridgehead atoms. The molecule has 0 aliphatic heterocycles. The fraction of sp³-hybridized carbons (Fsp3) is 0.647. The monoisotopic (exact) mass is 260 g/mol. The lowest BCUT2D eigenvalue weighted by atomic mass is 9.92. The number of rotatable bonds is 8. The predicted molar refractivity (Wildman–Crippen MR) is 82.0 cm³/mol. The molecule has 2 heteroatoms. The van der Waals surface area contributed by atoms with Crippen molar-refractivity contribution in [2.45, 2.75) is 45.6 Å². The molecule has 0 heterocycles. The van der Waals surface area contributed by atoms with Crippen molar-refractivity contribution in [2.75, 3.05) is 13.1 Å². The maximum atomic E-state index is 6.20. The lowest BCUT2D eigenvalue weighted by Gasteiger charge is -2.20. The maximum absolute atomic E-state index is 6.20. The van der Waals surface area contributed by atoms with E-state index in [1.54, 1.807) is 0 Å². The number of hydrogen-bond acceptors (Lipinski definition) is 2. The highest BCUT2D eigenvalue weighted by molar-refractivity contribution is 5.18. The Labute approximate surface area is 117 Å². The van der Waals surface area contributed by atoms with Gasteiger partial charge in [0.15, 0.2) is 0 Å². The van der Waals surface area contributed by atoms with Gasteiger partial charge in [0.25, 0.3) is 0 Å². The van der Waals surface area contributed by atoms with Crippen LogP contribution in [-0.2, 0) is 0 Å². The molecule has 2 nitrogen and oxygen atoms in total. The van der Waals surface area contributed by atoms with Gasteiger partial charge in [0.1, 0.15) is 0 Å². The highest BCUT2D eigenvalue weighted by Crippen LogP contribution is 2.51. The van der Waals surface area contributed by atoms with E-state index in [1.807, 2.05) is 6.07 Å². The van der Waals surface area contributed by atoms with Gasteiger partial charge >= 0.3 is 0 Å². The van der Waals surface area contributed by atoms with Crippen LogP contribution < -0.4 is 11.1 Å². The van der Waals surface area contributed by atoms with E-state index >= 15 is 0 Å². The number of nitrogens with one attached hydrogen (secondary N) is 1. The Morgan fingerprint density at radius 2 is 1.89 bits per heavy atom. The smallest absolute Gasteiger partial charge is 0.0295 e. The lowest BCUT2D eigenvalue weighted by Crippen LogP contribution is -2.28. The van der Waals surface area contributed by atoms with E-state index < -0.39 is 0 Å². The molecule has 0 saturated heterocycles. The van der Waals surface area contributed by atoms with E-state index in [0.29, 0.717) is 5.41 Å². The highest BCUT2D eigenvalue weighted by atomic mass is 14.9. The van der Waals surface area contributed by atoms with Crippen molar-refractivity contribution in [1.82, 2.24) is 5.32 Å². The van der Waals surface area contributed by atoms with Gasteiger partial charge in [-0.25, -0.2) is 0 Å². The Morgan fingerprint density at radius 3 is 2.47 bits per heavy atom. The van der Waals surface area contributed by atoms with Crippen molar-refractivity contribution in [3.05, 3.63) is 35.9 Å². The van der Waals surface area contributed by atoms with Crippen LogP contribution in [0.5, 0.6) is 0 Å². The summed E-state index contributed by atoms with van der Waals surface area (Å²) in [7, 11) is 0. The van der Waals surface area contributed by atoms with Gasteiger partial charge < -0.3 is 11.1 Å². The summed E-state index contributed by atoms with van der Waals surface area (Å²) in [4.78, 5) is 0. The van der Waals surface area contributed by atoms with Crippen LogP contribution >= 0.6 is 0 Å². The molecule has 1 aromatic rings. The number of nitrogens with two attached hydrogens (primary N) is 1. The molecule has 1 unspecified atom stereocenters. The van der Waals surface area contributed by atoms with Crippen LogP contribution in [0.25, 0.3) is 0 Å². The van der Waals surface area contributed by atoms with Crippen LogP contribution in [0.15, 0.2) is 30.3 Å². The molecule has 1 aliphatic rings. The zero-order valence-electron chi connectivity index (χ0n) is 12.4. The Bertz CT molecular complexity index is 368. The molecule has 1 atom stereocenters. The van der Waals surface area contributed by atoms with E-state index in [9.17, 15) is 0 Å². The second kappa shape index (κ2) is 6.53. The molecule has 1 fully saturated rings. The topological polar surface area (TPSA) is 38.0 Å². The summed E-state index contributed by atoms with van der Waals surface area (Å²) in [6.45, 7) is 6.97. The molecule has 0 amide bonds. The molecule has 1 aromatic carbocycles. The average Bonchev–Trinajstić information content (AvgIpc) is 3.20. The summed E-state index contributed by atoms with van der Waals surface area (Å²) in [5, 5.41) is 3.62. The third-order valence-corrected chi connectivity index (χ3v) is 4.69. The first-order valence-corrected chi connectivity index (χ1v) is 7.65. The zero-order chi connectivity index (χ0) is 13.7. The second-order valence-electron chi connectivity index (χ2n) is 6.35. The molecule has 0 aromatic heterocycles. The van der Waals surface area contributed by atoms with E-state index in [4.69, 9.17) is 5.73 Å². The largest absolute Gasteiger partial charge is 0.324 e. The van der Waals surface area contributed by atoms with Gasteiger partial charge in [-0.05, 0) is 49.1 Å². The van der Waals surface area contributed by atoms with Gasteiger partial charge in [-0.3, -0.25) is 0 Å². The first kappa shape index (κ1) is 14.5. The molecule has 0 spiro atoms. The molecule has 19 heavy (non-hydrogen) atoms. The van der Waals surface area contributed by atoms with Crippen LogP contribution in [0.1, 0.15) is 51.1 Å². The average molecular weight is 260 g/mol. The quantitative estimate of drug-likeness (QED) is 0.702. The molecule has 3 N–H and O–H groups in total. The fourth-order valence-corrected chi connectivity index (χ4v) is 2.77. The van der Waals surface area contributed by atoms with Crippen molar-refractivity contribution in [2.24, 2.45) is 17.1 Å². The van der Waals surface area contributed by atoms with Gasteiger partial charge in [-0.15, -0.1) is 0 Å². The number of hydrogen-bond donors (Lipinski definition) is 2. The molecular weight excluding hydrogens is 232 g/mol. The van der Waals surface area contributed by atoms with Gasteiger partial charge in [-0.1, -0.05) is 44.2 Å². The van der Waals surface area contributed by atoms with Crippen molar-refractivity contribution >= 4 is 0 Å². The first-order chi connectivity index (χ1) is 9.14. The summed E-state index contributed by atoms with van der Waals surface area (Å²) >= 11 is 0. The van der Waals surface area contributed by atoms with Gasteiger partial charge in [0, 0.05) is 12.6 Å². The van der Waals surface area contributed by atoms with Crippen molar-refractivity contribution in [3.63, 3.8) is 0 Å². The van der Waals surface area contributed by atoms with Crippen molar-refractivity contribution < 1.29 is 0 Å². The van der Waals surface area contributed by atoms with Crippen LogP contribution in [0.4, 0.5) is 0 Å². The molecular formula is C17H28N2. The zero-order valence-corrected chi connectivity index (χ0v) is 12.4. The summed E-state index contributed by atoms with van der Waals surface area (Å²) in [6.07, 6.45) is 5.03. The van der Waals surface area contributed by atoms with E-state index in [2.05, 4.69) is 43.4 Å². The lowest BCUT2D eigenvalue weighted by molar-refractivity contribution is 0.336. The van der Waals surface area contributed by atoms with Crippen LogP contribution in [-0.4, -0.2) is 13.1 Å². The van der Waals surface area contributed by atoms with Crippen LogP contribution in [0.2, 0.25) is 0 Å². The highest BCUT2D eigenvalue weighted by Gasteiger charge is 2.44. The summed E-state index contributed by atoms with van der Waals surface area (Å²) in [5.74, 6) is 0.812. The fourth-order valence-electron chi connectivity index (χ4n) is 2.77. The standard InChI is InChI=1S/C17H28N2/c1-14(2)17(10-11-17)13-19-12-6-9-16(18)15-7-4-3-5-8-15/h3-5,7-8,14,16,19H,6,9-13,18H2,1-2H3. The molecule has 2 rings (SSSR count). The Balaban J connectivity index is 1.60. The van der Waals surface area contributed by atoms with Crippen molar-refractivity contribution in [3.8, 4) is 0 Å². The third-order valence-electron chi connectivity index (χ3n) is 4.69. The maximum Gasteiger partial charge on any atom is 0.0295 e. The third kappa shape index (κ3) is 4.05. The Kier molecular flexibility index (Phi) is 5.00. The van der Waals surface area contributed by atoms with E-state index in [1.165, 1.54) is 24.9 Å². The van der Waals surface area contributed by atoms with Gasteiger partial charge in [0.05, 0.1) is 0 Å². The van der Waals surface area contributed by atoms with Crippen LogP contribution in [0, 0.1) is 11.3 Å². The van der Waals surface area contributed by atoms with Crippen LogP contribution in [0.3, 0.4) is 0 Å². The SMILES string of the molecule is CC(C)C1(CNCCCC(N)c2ccccc2)CC1. The first-order valence-electron chi connectivity index (χ1n) is 7.65. The van der Waals surface area contributed by atoms with Gasteiger partial charge in [-0.2, -0.15) is 0 Å². The molecule has 1 aliphatic carbocycles. The van der Waals surface area contributed by atoms with Crippen molar-refractivity contribution in [1.29, 1.82) is 0 Å². The van der Waals surface area contributed by atoms with E-state index in [-0.39, 0.29) is 6.04 Å². The molecule has 1 saturated carbocycles. The van der Waals surface area contributed by atoms with E-state index in [0.717, 1.165) is 25.3 Å². The minimum absolute atomic E-state index is 0.183. The minimum atomic E-state index is 0.183. The normalized spacial score (nSPS) is 18.5. The minimum Gasteiger partial charge on any atom is -0.324 e. The molecule has 0 radical (unpaired) electrons. The number of benzene rings is 1. The summed E-state index contributed by atoms with van der Waals surface area (Å²) < 4.78 is 0. The second-order valence-corrected chi connectivity index (χ2v) is 6.35. The Morgan fingerprint density at radius 1 is 1.21 bits per heavy atom. The Hall–Kier alpha value is -0.860. The predicted octanol–water partition coefficient (Wildman–Crippen LogP) is 3.49. The molecule has 106 valence electrons.